The molecule has 0 aliphatic carbocycles. The number of anilines is 2. The van der Waals surface area contributed by atoms with Gasteiger partial charge in [0, 0.05) is 25.2 Å². The molecule has 3 heterocycles. The molecule has 0 aliphatic rings. The van der Waals surface area contributed by atoms with Crippen LogP contribution in [0.2, 0.25) is 0 Å². The average Bonchev–Trinajstić information content (AvgIpc) is 3.48. The van der Waals surface area contributed by atoms with Crippen molar-refractivity contribution in [2.75, 3.05) is 11.9 Å². The summed E-state index contributed by atoms with van der Waals surface area (Å²) in [6.45, 7) is 0.522. The molecule has 3 N–H and O–H groups in total. The Morgan fingerprint density at radius 1 is 0.897 bits per heavy atom. The fourth-order valence-electron chi connectivity index (χ4n) is 4.72. The molecule has 0 unspecified atom stereocenters. The zero-order valence-corrected chi connectivity index (χ0v) is 21.4. The maximum atomic E-state index is 12.8. The second-order valence-corrected chi connectivity index (χ2v) is 9.37. The van der Waals surface area contributed by atoms with E-state index in [2.05, 4.69) is 25.8 Å². The Balaban J connectivity index is 1.17. The summed E-state index contributed by atoms with van der Waals surface area (Å²) in [5, 5.41) is 25.5. The van der Waals surface area contributed by atoms with Crippen molar-refractivity contribution >= 4 is 39.6 Å². The number of aromatic hydroxyl groups is 1. The lowest BCUT2D eigenvalue weighted by atomic mass is 10.1. The minimum absolute atomic E-state index is 0.0511. The highest BCUT2D eigenvalue weighted by Gasteiger charge is 2.14. The first-order chi connectivity index (χ1) is 19.0. The number of hydrogen-bond acceptors (Lipinski definition) is 6. The number of carbonyl (C=O) groups is 1. The van der Waals surface area contributed by atoms with Crippen LogP contribution in [0.1, 0.15) is 11.1 Å². The molecule has 1 amide bonds. The van der Waals surface area contributed by atoms with Gasteiger partial charge in [-0.1, -0.05) is 42.5 Å². The third-order valence-corrected chi connectivity index (χ3v) is 6.74. The quantitative estimate of drug-likeness (QED) is 0.271. The minimum atomic E-state index is -0.0511. The lowest BCUT2D eigenvalue weighted by Gasteiger charge is -2.07. The predicted octanol–water partition coefficient (Wildman–Crippen LogP) is 4.66. The molecule has 0 radical (unpaired) electrons. The first kappa shape index (κ1) is 24.2. The highest BCUT2D eigenvalue weighted by Crippen LogP contribution is 2.25. The maximum Gasteiger partial charge on any atom is 0.224 e. The van der Waals surface area contributed by atoms with Crippen molar-refractivity contribution < 1.29 is 9.90 Å². The number of nitrogens with zero attached hydrogens (tertiary/aromatic N) is 5. The van der Waals surface area contributed by atoms with Crippen LogP contribution in [-0.4, -0.2) is 41.9 Å². The number of hydrogen-bond donors (Lipinski definition) is 3. The molecule has 194 valence electrons. The van der Waals surface area contributed by atoms with Gasteiger partial charge in [-0.15, -0.1) is 10.2 Å². The van der Waals surface area contributed by atoms with E-state index >= 15 is 0 Å². The summed E-state index contributed by atoms with van der Waals surface area (Å²) in [5.74, 6) is 2.10. The van der Waals surface area contributed by atoms with Crippen molar-refractivity contribution in [3.05, 3.63) is 102 Å². The highest BCUT2D eigenvalue weighted by atomic mass is 16.3. The number of para-hydroxylation sites is 3. The molecular weight excluding hydrogens is 490 g/mol. The molecular formula is C30H27N7O2. The standard InChI is InChI=1S/C30H27N7O2/c1-36-26-9-5-3-7-24(26)32-30(36)33-27-14-15-28(35-34-27)37-19-21(23-6-2-4-8-25(23)37)18-29(39)31-17-16-20-10-12-22(38)13-11-20/h2-15,19,38H,16-18H2,1H3,(H,31,39)(H,32,33,34). The molecule has 6 rings (SSSR count). The van der Waals surface area contributed by atoms with Gasteiger partial charge in [0.2, 0.25) is 11.9 Å². The number of fused-ring (bicyclic) bond motifs is 2. The van der Waals surface area contributed by atoms with Crippen LogP contribution >= 0.6 is 0 Å². The van der Waals surface area contributed by atoms with Gasteiger partial charge in [-0.3, -0.25) is 9.36 Å². The van der Waals surface area contributed by atoms with Crippen molar-refractivity contribution in [1.82, 2.24) is 29.6 Å². The normalized spacial score (nSPS) is 11.2. The SMILES string of the molecule is Cn1c(Nc2ccc(-n3cc(CC(=O)NCCc4ccc(O)cc4)c4ccccc43)nn2)nc2ccccc21. The Bertz CT molecular complexity index is 1770. The van der Waals surface area contributed by atoms with Gasteiger partial charge in [0.1, 0.15) is 5.75 Å². The van der Waals surface area contributed by atoms with Gasteiger partial charge in [-0.2, -0.15) is 0 Å². The van der Waals surface area contributed by atoms with Crippen molar-refractivity contribution in [1.29, 1.82) is 0 Å². The lowest BCUT2D eigenvalue weighted by Crippen LogP contribution is -2.27. The molecule has 0 atom stereocenters. The largest absolute Gasteiger partial charge is 0.508 e. The third-order valence-electron chi connectivity index (χ3n) is 6.74. The van der Waals surface area contributed by atoms with Crippen LogP contribution in [-0.2, 0) is 24.7 Å². The van der Waals surface area contributed by atoms with Gasteiger partial charge >= 0.3 is 0 Å². The van der Waals surface area contributed by atoms with E-state index in [-0.39, 0.29) is 18.1 Å². The van der Waals surface area contributed by atoms with Crippen LogP contribution in [0.4, 0.5) is 11.8 Å². The maximum absolute atomic E-state index is 12.8. The fraction of sp³-hybridized carbons (Fsp3) is 0.133. The second kappa shape index (κ2) is 10.3. The first-order valence-electron chi connectivity index (χ1n) is 12.7. The molecule has 0 bridgehead atoms. The number of nitrogens with one attached hydrogen (secondary N) is 2. The molecule has 9 heteroatoms. The topological polar surface area (TPSA) is 110 Å². The van der Waals surface area contributed by atoms with E-state index in [0.29, 0.717) is 30.5 Å². The molecule has 0 saturated carbocycles. The Hall–Kier alpha value is -5.18. The number of aryl methyl sites for hydroxylation is 1. The molecule has 3 aromatic carbocycles. The number of carbonyl (C=O) groups excluding carboxylic acids is 1. The van der Waals surface area contributed by atoms with Gasteiger partial charge in [-0.25, -0.2) is 4.98 Å². The van der Waals surface area contributed by atoms with Gasteiger partial charge in [0.25, 0.3) is 0 Å². The second-order valence-electron chi connectivity index (χ2n) is 9.37. The highest BCUT2D eigenvalue weighted by molar-refractivity contribution is 5.90. The summed E-state index contributed by atoms with van der Waals surface area (Å²) in [7, 11) is 1.95. The monoisotopic (exact) mass is 517 g/mol. The summed E-state index contributed by atoms with van der Waals surface area (Å²) >= 11 is 0. The fourth-order valence-corrected chi connectivity index (χ4v) is 4.72. The number of rotatable bonds is 8. The van der Waals surface area contributed by atoms with Crippen molar-refractivity contribution in [3.63, 3.8) is 0 Å². The zero-order chi connectivity index (χ0) is 26.8. The third kappa shape index (κ3) is 5.02. The van der Waals surface area contributed by atoms with Crippen LogP contribution in [0.25, 0.3) is 27.8 Å². The van der Waals surface area contributed by atoms with Crippen molar-refractivity contribution in [2.45, 2.75) is 12.8 Å². The molecule has 0 saturated heterocycles. The van der Waals surface area contributed by atoms with Gasteiger partial charge < -0.3 is 20.3 Å². The van der Waals surface area contributed by atoms with Crippen molar-refractivity contribution in [3.8, 4) is 11.6 Å². The van der Waals surface area contributed by atoms with Gasteiger partial charge in [-0.05, 0) is 60.0 Å². The molecule has 6 aromatic rings. The van der Waals surface area contributed by atoms with E-state index in [4.69, 9.17) is 0 Å². The summed E-state index contributed by atoms with van der Waals surface area (Å²) in [6, 6.07) is 26.7. The summed E-state index contributed by atoms with van der Waals surface area (Å²) in [4.78, 5) is 17.4. The number of amides is 1. The Labute approximate surface area is 224 Å². The van der Waals surface area contributed by atoms with Crippen molar-refractivity contribution in [2.24, 2.45) is 7.05 Å². The lowest BCUT2D eigenvalue weighted by molar-refractivity contribution is -0.120. The van der Waals surface area contributed by atoms with Crippen LogP contribution in [0.15, 0.2) is 91.1 Å². The van der Waals surface area contributed by atoms with Crippen LogP contribution in [0, 0.1) is 0 Å². The molecule has 9 nitrogen and oxygen atoms in total. The smallest absolute Gasteiger partial charge is 0.224 e. The van der Waals surface area contributed by atoms with Crippen LogP contribution in [0.5, 0.6) is 5.75 Å². The molecule has 0 spiro atoms. The number of imidazole rings is 1. The average molecular weight is 518 g/mol. The van der Waals surface area contributed by atoms with E-state index in [1.807, 2.05) is 95.2 Å². The summed E-state index contributed by atoms with van der Waals surface area (Å²) < 4.78 is 3.94. The summed E-state index contributed by atoms with van der Waals surface area (Å²) in [5.41, 5.74) is 4.85. The van der Waals surface area contributed by atoms with E-state index < -0.39 is 0 Å². The number of phenolic OH excluding ortho intramolecular Hbond substituents is 1. The predicted molar refractivity (Wildman–Crippen MR) is 151 cm³/mol. The van der Waals surface area contributed by atoms with Crippen LogP contribution in [0.3, 0.4) is 0 Å². The van der Waals surface area contributed by atoms with Gasteiger partial charge in [0.05, 0.1) is 23.0 Å². The Morgan fingerprint density at radius 2 is 1.67 bits per heavy atom. The Kier molecular flexibility index (Phi) is 6.38. The molecule has 0 fully saturated rings. The van der Waals surface area contributed by atoms with E-state index in [1.54, 1.807) is 12.1 Å². The van der Waals surface area contributed by atoms with E-state index in [1.165, 1.54) is 0 Å². The van der Waals surface area contributed by atoms with E-state index in [0.717, 1.165) is 33.1 Å². The van der Waals surface area contributed by atoms with E-state index in [9.17, 15) is 9.90 Å². The minimum Gasteiger partial charge on any atom is -0.508 e. The number of phenols is 1. The zero-order valence-electron chi connectivity index (χ0n) is 21.4. The molecule has 0 aliphatic heterocycles. The molecule has 39 heavy (non-hydrogen) atoms. The summed E-state index contributed by atoms with van der Waals surface area (Å²) in [6.07, 6.45) is 2.90. The van der Waals surface area contributed by atoms with Crippen LogP contribution < -0.4 is 10.6 Å². The number of aromatic nitrogens is 5. The van der Waals surface area contributed by atoms with Gasteiger partial charge in [0.15, 0.2) is 11.6 Å². The Morgan fingerprint density at radius 3 is 2.44 bits per heavy atom. The first-order valence-corrected chi connectivity index (χ1v) is 12.7. The number of benzene rings is 3. The molecule has 3 aromatic heterocycles.